The first-order valence-electron chi connectivity index (χ1n) is 4.82. The highest BCUT2D eigenvalue weighted by Gasteiger charge is 2.51. The maximum Gasteiger partial charge on any atom is 0.0250 e. The van der Waals surface area contributed by atoms with E-state index in [0.717, 1.165) is 30.3 Å². The Morgan fingerprint density at radius 3 is 2.91 bits per heavy atom. The van der Waals surface area contributed by atoms with E-state index < -0.39 is 0 Å². The largest absolute Gasteiger partial charge is 0.329 e. The van der Waals surface area contributed by atoms with Crippen molar-refractivity contribution in [1.29, 1.82) is 0 Å². The van der Waals surface area contributed by atoms with Crippen LogP contribution in [0.1, 0.15) is 12.8 Å². The summed E-state index contributed by atoms with van der Waals surface area (Å²) in [4.78, 5) is 2.63. The van der Waals surface area contributed by atoms with Gasteiger partial charge in [0.25, 0.3) is 0 Å². The van der Waals surface area contributed by atoms with Gasteiger partial charge in [-0.3, -0.25) is 4.90 Å². The monoisotopic (exact) mass is 152 g/mol. The molecule has 2 N–H and O–H groups in total. The number of nitrogens with zero attached hydrogens (tertiary/aromatic N) is 1. The summed E-state index contributed by atoms with van der Waals surface area (Å²) in [5.74, 6) is 3.06. The molecule has 5 atom stereocenters. The van der Waals surface area contributed by atoms with Gasteiger partial charge in [-0.1, -0.05) is 0 Å². The Hall–Kier alpha value is -0.0800. The van der Waals surface area contributed by atoms with E-state index in [2.05, 4.69) is 4.90 Å². The SMILES string of the molecule is NCC1C2CC3CC2CN1C3. The van der Waals surface area contributed by atoms with Crippen LogP contribution in [-0.2, 0) is 0 Å². The molecule has 3 heterocycles. The summed E-state index contributed by atoms with van der Waals surface area (Å²) < 4.78 is 0. The van der Waals surface area contributed by atoms with E-state index >= 15 is 0 Å². The number of hydrogen-bond donors (Lipinski definition) is 1. The van der Waals surface area contributed by atoms with E-state index in [1.165, 1.54) is 25.9 Å². The van der Waals surface area contributed by atoms with E-state index in [4.69, 9.17) is 5.73 Å². The third-order valence-corrected chi connectivity index (χ3v) is 4.01. The topological polar surface area (TPSA) is 29.3 Å². The Morgan fingerprint density at radius 1 is 1.27 bits per heavy atom. The molecule has 0 amide bonds. The molecular weight excluding hydrogens is 136 g/mol. The average molecular weight is 152 g/mol. The summed E-state index contributed by atoms with van der Waals surface area (Å²) in [6.45, 7) is 3.62. The summed E-state index contributed by atoms with van der Waals surface area (Å²) in [5.41, 5.74) is 5.76. The molecule has 2 nitrogen and oxygen atoms in total. The second kappa shape index (κ2) is 1.99. The molecule has 3 aliphatic heterocycles. The Bertz CT molecular complexity index is 176. The summed E-state index contributed by atoms with van der Waals surface area (Å²) in [6, 6.07) is 0.763. The van der Waals surface area contributed by atoms with Gasteiger partial charge in [0.1, 0.15) is 0 Å². The zero-order chi connectivity index (χ0) is 7.42. The van der Waals surface area contributed by atoms with Gasteiger partial charge in [0, 0.05) is 25.7 Å². The van der Waals surface area contributed by atoms with Crippen LogP contribution in [0.4, 0.5) is 0 Å². The highest BCUT2D eigenvalue weighted by atomic mass is 15.2. The fourth-order valence-corrected chi connectivity index (χ4v) is 3.68. The van der Waals surface area contributed by atoms with Gasteiger partial charge in [0.2, 0.25) is 0 Å². The lowest BCUT2D eigenvalue weighted by molar-refractivity contribution is 0.139. The minimum Gasteiger partial charge on any atom is -0.329 e. The zero-order valence-corrected chi connectivity index (χ0v) is 6.87. The van der Waals surface area contributed by atoms with Crippen LogP contribution in [0.3, 0.4) is 0 Å². The lowest BCUT2D eigenvalue weighted by Crippen LogP contribution is -2.45. The normalized spacial score (nSPS) is 59.2. The molecule has 11 heavy (non-hydrogen) atoms. The van der Waals surface area contributed by atoms with Crippen molar-refractivity contribution in [3.63, 3.8) is 0 Å². The third-order valence-electron chi connectivity index (χ3n) is 4.01. The molecule has 1 saturated carbocycles. The lowest BCUT2D eigenvalue weighted by atomic mass is 9.92. The van der Waals surface area contributed by atoms with Crippen LogP contribution < -0.4 is 5.73 Å². The first kappa shape index (κ1) is 6.44. The Kier molecular flexibility index (Phi) is 1.16. The van der Waals surface area contributed by atoms with Crippen LogP contribution in [0.15, 0.2) is 0 Å². The highest BCUT2D eigenvalue weighted by Crippen LogP contribution is 2.50. The molecule has 4 aliphatic rings. The number of hydrogen-bond acceptors (Lipinski definition) is 2. The van der Waals surface area contributed by atoms with Gasteiger partial charge in [0.05, 0.1) is 0 Å². The van der Waals surface area contributed by atoms with Crippen molar-refractivity contribution >= 4 is 0 Å². The number of piperidine rings is 2. The maximum atomic E-state index is 5.76. The molecular formula is C9H16N2. The maximum absolute atomic E-state index is 5.76. The van der Waals surface area contributed by atoms with Crippen molar-refractivity contribution in [2.75, 3.05) is 19.6 Å². The van der Waals surface area contributed by atoms with E-state index in [0.29, 0.717) is 0 Å². The second-order valence-electron chi connectivity index (χ2n) is 4.52. The summed E-state index contributed by atoms with van der Waals surface area (Å²) in [7, 11) is 0. The Morgan fingerprint density at radius 2 is 2.18 bits per heavy atom. The molecule has 0 aromatic heterocycles. The zero-order valence-electron chi connectivity index (χ0n) is 6.87. The standard InChI is InChI=1S/C9H16N2/c10-3-9-8-2-6-1-7(8)5-11(9)4-6/h6-9H,1-5,10H2. The molecule has 4 rings (SSSR count). The minimum absolute atomic E-state index is 0.763. The quantitative estimate of drug-likeness (QED) is 0.585. The summed E-state index contributed by atoms with van der Waals surface area (Å²) in [6.07, 6.45) is 3.00. The van der Waals surface area contributed by atoms with Crippen LogP contribution in [0.5, 0.6) is 0 Å². The second-order valence-corrected chi connectivity index (χ2v) is 4.52. The number of nitrogens with two attached hydrogens (primary N) is 1. The van der Waals surface area contributed by atoms with Crippen molar-refractivity contribution in [1.82, 2.24) is 4.90 Å². The van der Waals surface area contributed by atoms with Gasteiger partial charge < -0.3 is 5.73 Å². The predicted octanol–water partition coefficient (Wildman–Crippen LogP) is 0.285. The van der Waals surface area contributed by atoms with Gasteiger partial charge >= 0.3 is 0 Å². The van der Waals surface area contributed by atoms with Crippen LogP contribution in [0.25, 0.3) is 0 Å². The van der Waals surface area contributed by atoms with Gasteiger partial charge in [-0.25, -0.2) is 0 Å². The first-order valence-corrected chi connectivity index (χ1v) is 4.82. The Labute approximate surface area is 67.7 Å². The smallest absolute Gasteiger partial charge is 0.0250 e. The molecule has 3 saturated heterocycles. The molecule has 0 spiro atoms. The third kappa shape index (κ3) is 0.695. The molecule has 0 radical (unpaired) electrons. The average Bonchev–Trinajstić information content (AvgIpc) is 2.40. The molecule has 4 bridgehead atoms. The molecule has 2 heteroatoms. The van der Waals surface area contributed by atoms with Crippen LogP contribution in [0.2, 0.25) is 0 Å². The van der Waals surface area contributed by atoms with E-state index in [9.17, 15) is 0 Å². The van der Waals surface area contributed by atoms with E-state index in [-0.39, 0.29) is 0 Å². The van der Waals surface area contributed by atoms with Crippen molar-refractivity contribution in [3.05, 3.63) is 0 Å². The van der Waals surface area contributed by atoms with Crippen LogP contribution >= 0.6 is 0 Å². The van der Waals surface area contributed by atoms with Crippen molar-refractivity contribution < 1.29 is 0 Å². The van der Waals surface area contributed by atoms with Gasteiger partial charge in [0.15, 0.2) is 0 Å². The molecule has 0 aromatic carbocycles. The van der Waals surface area contributed by atoms with Crippen molar-refractivity contribution in [2.24, 2.45) is 23.5 Å². The molecule has 4 fully saturated rings. The van der Waals surface area contributed by atoms with Crippen LogP contribution in [-0.4, -0.2) is 30.6 Å². The van der Waals surface area contributed by atoms with Crippen molar-refractivity contribution in [3.8, 4) is 0 Å². The molecule has 62 valence electrons. The lowest BCUT2D eigenvalue weighted by Gasteiger charge is -2.34. The summed E-state index contributed by atoms with van der Waals surface area (Å²) >= 11 is 0. The minimum atomic E-state index is 0.763. The predicted molar refractivity (Wildman–Crippen MR) is 44.1 cm³/mol. The Balaban J connectivity index is 1.91. The molecule has 5 unspecified atom stereocenters. The van der Waals surface area contributed by atoms with Gasteiger partial charge in [-0.2, -0.15) is 0 Å². The highest BCUT2D eigenvalue weighted by molar-refractivity contribution is 5.04. The van der Waals surface area contributed by atoms with Crippen LogP contribution in [0, 0.1) is 17.8 Å². The number of rotatable bonds is 1. The van der Waals surface area contributed by atoms with E-state index in [1.807, 2.05) is 0 Å². The molecule has 1 aliphatic carbocycles. The van der Waals surface area contributed by atoms with Gasteiger partial charge in [-0.15, -0.1) is 0 Å². The molecule has 0 aromatic rings. The van der Waals surface area contributed by atoms with Gasteiger partial charge in [-0.05, 0) is 30.6 Å². The fraction of sp³-hybridized carbons (Fsp3) is 1.00. The van der Waals surface area contributed by atoms with Crippen molar-refractivity contribution in [2.45, 2.75) is 18.9 Å². The first-order chi connectivity index (χ1) is 5.38. The fourth-order valence-electron chi connectivity index (χ4n) is 3.68. The van der Waals surface area contributed by atoms with E-state index in [1.54, 1.807) is 0 Å². The summed E-state index contributed by atoms with van der Waals surface area (Å²) in [5, 5.41) is 0.